The molecular formula is C17H22N2O3S3. The summed E-state index contributed by atoms with van der Waals surface area (Å²) in [5.74, 6) is 1.49. The Bertz CT molecular complexity index is 777. The molecule has 5 nitrogen and oxygen atoms in total. The van der Waals surface area contributed by atoms with Crippen molar-refractivity contribution in [1.82, 2.24) is 4.90 Å². The molecule has 1 aromatic rings. The van der Waals surface area contributed by atoms with Gasteiger partial charge in [0.15, 0.2) is 9.84 Å². The first-order valence-corrected chi connectivity index (χ1v) is 12.2. The summed E-state index contributed by atoms with van der Waals surface area (Å²) in [6, 6.07) is 7.87. The number of sulfone groups is 1. The first-order valence-electron chi connectivity index (χ1n) is 8.40. The first kappa shape index (κ1) is 18.8. The zero-order valence-electron chi connectivity index (χ0n) is 14.2. The van der Waals surface area contributed by atoms with Crippen molar-refractivity contribution in [2.45, 2.75) is 31.6 Å². The summed E-state index contributed by atoms with van der Waals surface area (Å²) in [4.78, 5) is 19.0. The molecule has 1 unspecified atom stereocenters. The highest BCUT2D eigenvalue weighted by atomic mass is 32.2. The number of hydrogen-bond acceptors (Lipinski definition) is 6. The average molecular weight is 399 g/mol. The minimum Gasteiger partial charge on any atom is -0.338 e. The zero-order chi connectivity index (χ0) is 17.9. The van der Waals surface area contributed by atoms with Crippen molar-refractivity contribution in [2.75, 3.05) is 23.8 Å². The van der Waals surface area contributed by atoms with E-state index in [0.717, 1.165) is 22.2 Å². The Morgan fingerprint density at radius 2 is 2.20 bits per heavy atom. The molecule has 25 heavy (non-hydrogen) atoms. The van der Waals surface area contributed by atoms with Crippen LogP contribution in [0.15, 0.2) is 29.3 Å². The predicted octanol–water partition coefficient (Wildman–Crippen LogP) is 3.08. The fourth-order valence-electron chi connectivity index (χ4n) is 3.07. The van der Waals surface area contributed by atoms with Gasteiger partial charge in [0, 0.05) is 18.3 Å². The third-order valence-electron chi connectivity index (χ3n) is 4.31. The lowest BCUT2D eigenvalue weighted by molar-refractivity contribution is -0.130. The Hall–Kier alpha value is -0.990. The van der Waals surface area contributed by atoms with Gasteiger partial charge < -0.3 is 4.90 Å². The van der Waals surface area contributed by atoms with E-state index in [1.165, 1.54) is 17.3 Å². The van der Waals surface area contributed by atoms with Gasteiger partial charge in [-0.05, 0) is 24.5 Å². The molecule has 8 heteroatoms. The maximum Gasteiger partial charge on any atom is 0.233 e. The van der Waals surface area contributed by atoms with Crippen LogP contribution >= 0.6 is 23.5 Å². The molecule has 0 aromatic heterocycles. The summed E-state index contributed by atoms with van der Waals surface area (Å²) < 4.78 is 24.4. The third-order valence-corrected chi connectivity index (χ3v) is 8.29. The number of nitrogens with zero attached hydrogens (tertiary/aromatic N) is 2. The van der Waals surface area contributed by atoms with Gasteiger partial charge in [0.05, 0.1) is 22.9 Å². The Morgan fingerprint density at radius 3 is 2.92 bits per heavy atom. The van der Waals surface area contributed by atoms with Crippen molar-refractivity contribution in [3.63, 3.8) is 0 Å². The molecular weight excluding hydrogens is 376 g/mol. The Kier molecular flexibility index (Phi) is 6.12. The number of carbonyl (C=O) groups excluding carboxylic acids is 1. The van der Waals surface area contributed by atoms with Crippen molar-refractivity contribution >= 4 is 49.3 Å². The lowest BCUT2D eigenvalue weighted by Crippen LogP contribution is -2.42. The first-order chi connectivity index (χ1) is 12.0. The minimum atomic E-state index is -2.99. The number of rotatable bonds is 5. The van der Waals surface area contributed by atoms with E-state index in [-0.39, 0.29) is 23.5 Å². The summed E-state index contributed by atoms with van der Waals surface area (Å²) in [7, 11) is -2.99. The molecule has 0 aliphatic carbocycles. The SMILES string of the molecule is CCCN(C(=O)CSC1=Nc2ccccc2CS1)C1CCS(=O)(=O)C1. The molecule has 1 fully saturated rings. The molecule has 136 valence electrons. The number of thioether (sulfide) groups is 2. The molecule has 1 amide bonds. The molecule has 1 aromatic carbocycles. The average Bonchev–Trinajstić information content (AvgIpc) is 2.97. The van der Waals surface area contributed by atoms with Crippen LogP contribution in [0.2, 0.25) is 0 Å². The van der Waals surface area contributed by atoms with Crippen LogP contribution in [0, 0.1) is 0 Å². The van der Waals surface area contributed by atoms with Gasteiger partial charge >= 0.3 is 0 Å². The van der Waals surface area contributed by atoms with Gasteiger partial charge in [-0.1, -0.05) is 48.6 Å². The van der Waals surface area contributed by atoms with E-state index in [1.807, 2.05) is 25.1 Å². The molecule has 2 aliphatic heterocycles. The molecule has 0 saturated carbocycles. The van der Waals surface area contributed by atoms with Crippen LogP contribution in [0.5, 0.6) is 0 Å². The fourth-order valence-corrected chi connectivity index (χ4v) is 6.74. The van der Waals surface area contributed by atoms with E-state index in [9.17, 15) is 13.2 Å². The second-order valence-electron chi connectivity index (χ2n) is 6.23. The van der Waals surface area contributed by atoms with Gasteiger partial charge in [-0.15, -0.1) is 0 Å². The van der Waals surface area contributed by atoms with Gasteiger partial charge in [-0.25, -0.2) is 13.4 Å². The molecule has 1 atom stereocenters. The minimum absolute atomic E-state index is 0.0103. The number of para-hydroxylation sites is 1. The number of hydrogen-bond donors (Lipinski definition) is 0. The third kappa shape index (κ3) is 4.80. The molecule has 0 spiro atoms. The highest BCUT2D eigenvalue weighted by molar-refractivity contribution is 8.38. The van der Waals surface area contributed by atoms with E-state index in [4.69, 9.17) is 0 Å². The van der Waals surface area contributed by atoms with Gasteiger partial charge in [-0.3, -0.25) is 4.79 Å². The largest absolute Gasteiger partial charge is 0.338 e. The monoisotopic (exact) mass is 398 g/mol. The summed E-state index contributed by atoms with van der Waals surface area (Å²) in [6.07, 6.45) is 1.39. The van der Waals surface area contributed by atoms with Crippen LogP contribution in [0.3, 0.4) is 0 Å². The van der Waals surface area contributed by atoms with E-state index < -0.39 is 9.84 Å². The number of benzene rings is 1. The molecule has 1 saturated heterocycles. The lowest BCUT2D eigenvalue weighted by atomic mass is 10.2. The van der Waals surface area contributed by atoms with Crippen LogP contribution < -0.4 is 0 Å². The van der Waals surface area contributed by atoms with Crippen LogP contribution in [0.25, 0.3) is 0 Å². The lowest BCUT2D eigenvalue weighted by Gasteiger charge is -2.28. The maximum atomic E-state index is 12.7. The predicted molar refractivity (Wildman–Crippen MR) is 106 cm³/mol. The van der Waals surface area contributed by atoms with E-state index in [2.05, 4.69) is 11.1 Å². The van der Waals surface area contributed by atoms with Crippen LogP contribution in [-0.2, 0) is 20.4 Å². The van der Waals surface area contributed by atoms with E-state index in [1.54, 1.807) is 16.7 Å². The highest BCUT2D eigenvalue weighted by Crippen LogP contribution is 2.34. The van der Waals surface area contributed by atoms with Crippen molar-refractivity contribution in [1.29, 1.82) is 0 Å². The van der Waals surface area contributed by atoms with Crippen LogP contribution in [0.4, 0.5) is 5.69 Å². The molecule has 3 rings (SSSR count). The van der Waals surface area contributed by atoms with Crippen LogP contribution in [0.1, 0.15) is 25.3 Å². The number of amides is 1. The number of fused-ring (bicyclic) bond motifs is 1. The van der Waals surface area contributed by atoms with Crippen molar-refractivity contribution < 1.29 is 13.2 Å². The summed E-state index contributed by atoms with van der Waals surface area (Å²) in [5, 5.41) is 0. The van der Waals surface area contributed by atoms with Gasteiger partial charge in [0.1, 0.15) is 4.38 Å². The molecule has 2 aliphatic rings. The molecule has 0 radical (unpaired) electrons. The highest BCUT2D eigenvalue weighted by Gasteiger charge is 2.34. The van der Waals surface area contributed by atoms with E-state index >= 15 is 0 Å². The van der Waals surface area contributed by atoms with E-state index in [0.29, 0.717) is 18.7 Å². The quantitative estimate of drug-likeness (QED) is 0.762. The van der Waals surface area contributed by atoms with Crippen molar-refractivity contribution in [2.24, 2.45) is 4.99 Å². The maximum absolute atomic E-state index is 12.7. The van der Waals surface area contributed by atoms with Gasteiger partial charge in [0.25, 0.3) is 0 Å². The standard InChI is InChI=1S/C17H22N2O3S3/c1-2-8-19(14-7-9-25(21,22)12-14)16(20)11-24-17-18-15-6-4-3-5-13(15)10-23-17/h3-6,14H,2,7-12H2,1H3. The van der Waals surface area contributed by atoms with Gasteiger partial charge in [0.2, 0.25) is 5.91 Å². The fraction of sp³-hybridized carbons (Fsp3) is 0.529. The molecule has 2 heterocycles. The molecule has 0 bridgehead atoms. The van der Waals surface area contributed by atoms with Crippen LogP contribution in [-0.4, -0.2) is 53.4 Å². The smallest absolute Gasteiger partial charge is 0.233 e. The Morgan fingerprint density at radius 1 is 1.40 bits per heavy atom. The van der Waals surface area contributed by atoms with Crippen molar-refractivity contribution in [3.05, 3.63) is 29.8 Å². The number of carbonyl (C=O) groups is 1. The Labute approximate surface area is 157 Å². The van der Waals surface area contributed by atoms with Crippen molar-refractivity contribution in [3.8, 4) is 0 Å². The zero-order valence-corrected chi connectivity index (χ0v) is 16.6. The number of aliphatic imine (C=N–C) groups is 1. The molecule has 0 N–H and O–H groups in total. The summed E-state index contributed by atoms with van der Waals surface area (Å²) >= 11 is 3.11. The normalized spacial score (nSPS) is 21.5. The van der Waals surface area contributed by atoms with Gasteiger partial charge in [-0.2, -0.15) is 0 Å². The Balaban J connectivity index is 1.62. The summed E-state index contributed by atoms with van der Waals surface area (Å²) in [6.45, 7) is 2.62. The second-order valence-corrected chi connectivity index (χ2v) is 10.6. The summed E-state index contributed by atoms with van der Waals surface area (Å²) in [5.41, 5.74) is 2.19. The second kappa shape index (κ2) is 8.14. The topological polar surface area (TPSA) is 66.8 Å².